The minimum absolute atomic E-state index is 0.120. The molecule has 0 unspecified atom stereocenters. The van der Waals surface area contributed by atoms with Crippen LogP contribution >= 0.6 is 0 Å². The average molecular weight is 307 g/mol. The van der Waals surface area contributed by atoms with Crippen LogP contribution in [0.1, 0.15) is 39.8 Å². The number of rotatable bonds is 3. The Morgan fingerprint density at radius 1 is 1.13 bits per heavy atom. The quantitative estimate of drug-likeness (QED) is 0.792. The summed E-state index contributed by atoms with van der Waals surface area (Å²) in [6.07, 6.45) is 2.63. The van der Waals surface area contributed by atoms with Gasteiger partial charge in [0.05, 0.1) is 5.69 Å². The maximum absolute atomic E-state index is 12.8. The number of anilines is 1. The first-order chi connectivity index (χ1) is 11.0. The molecule has 0 saturated carbocycles. The lowest BCUT2D eigenvalue weighted by atomic mass is 10.1. The number of benzene rings is 1. The van der Waals surface area contributed by atoms with Crippen molar-refractivity contribution in [3.63, 3.8) is 0 Å². The van der Waals surface area contributed by atoms with E-state index in [0.29, 0.717) is 5.69 Å². The summed E-state index contributed by atoms with van der Waals surface area (Å²) in [5.41, 5.74) is 6.45. The van der Waals surface area contributed by atoms with E-state index >= 15 is 0 Å². The minimum atomic E-state index is -0.120. The molecule has 0 aliphatic rings. The molecule has 0 aliphatic heterocycles. The van der Waals surface area contributed by atoms with Gasteiger partial charge in [-0.2, -0.15) is 0 Å². The SMILES string of the molecule is CCc1nc2cc(C)ccn2c1C(=O)Nc1ccc(C)cc1C. The van der Waals surface area contributed by atoms with Gasteiger partial charge in [-0.15, -0.1) is 0 Å². The molecular weight excluding hydrogens is 286 g/mol. The third-order valence-electron chi connectivity index (χ3n) is 4.03. The lowest BCUT2D eigenvalue weighted by molar-refractivity contribution is 0.102. The van der Waals surface area contributed by atoms with Crippen molar-refractivity contribution in [2.75, 3.05) is 5.32 Å². The van der Waals surface area contributed by atoms with Crippen LogP contribution in [0.25, 0.3) is 5.65 Å². The molecule has 4 heteroatoms. The molecule has 2 aromatic heterocycles. The topological polar surface area (TPSA) is 46.4 Å². The zero-order valence-electron chi connectivity index (χ0n) is 14.0. The van der Waals surface area contributed by atoms with Gasteiger partial charge in [0.25, 0.3) is 5.91 Å². The molecule has 1 aromatic carbocycles. The molecule has 0 spiro atoms. The van der Waals surface area contributed by atoms with E-state index in [2.05, 4.69) is 16.4 Å². The summed E-state index contributed by atoms with van der Waals surface area (Å²) in [6, 6.07) is 9.99. The van der Waals surface area contributed by atoms with Crippen LogP contribution in [-0.4, -0.2) is 15.3 Å². The highest BCUT2D eigenvalue weighted by molar-refractivity contribution is 6.04. The molecule has 0 fully saturated rings. The molecule has 0 saturated heterocycles. The fourth-order valence-corrected chi connectivity index (χ4v) is 2.82. The Morgan fingerprint density at radius 3 is 2.57 bits per heavy atom. The van der Waals surface area contributed by atoms with Gasteiger partial charge >= 0.3 is 0 Å². The average Bonchev–Trinajstić information content (AvgIpc) is 2.87. The van der Waals surface area contributed by atoms with E-state index < -0.39 is 0 Å². The van der Waals surface area contributed by atoms with Gasteiger partial charge in [-0.1, -0.05) is 24.6 Å². The Bertz CT molecular complexity index is 893. The summed E-state index contributed by atoms with van der Waals surface area (Å²) in [6.45, 7) is 8.08. The van der Waals surface area contributed by atoms with Crippen molar-refractivity contribution in [2.45, 2.75) is 34.1 Å². The van der Waals surface area contributed by atoms with Gasteiger partial charge in [-0.05, 0) is 56.5 Å². The van der Waals surface area contributed by atoms with E-state index in [4.69, 9.17) is 0 Å². The first-order valence-corrected chi connectivity index (χ1v) is 7.85. The molecule has 0 atom stereocenters. The van der Waals surface area contributed by atoms with Gasteiger partial charge in [0.1, 0.15) is 11.3 Å². The molecule has 0 radical (unpaired) electrons. The van der Waals surface area contributed by atoms with Crippen LogP contribution in [0.5, 0.6) is 0 Å². The monoisotopic (exact) mass is 307 g/mol. The first-order valence-electron chi connectivity index (χ1n) is 7.85. The Labute approximate surface area is 136 Å². The number of carbonyl (C=O) groups is 1. The number of hydrogen-bond acceptors (Lipinski definition) is 2. The lowest BCUT2D eigenvalue weighted by Crippen LogP contribution is -2.17. The fraction of sp³-hybridized carbons (Fsp3) is 0.263. The molecule has 1 N–H and O–H groups in total. The summed E-state index contributed by atoms with van der Waals surface area (Å²) in [4.78, 5) is 17.4. The van der Waals surface area contributed by atoms with Crippen LogP contribution in [0.4, 0.5) is 5.69 Å². The van der Waals surface area contributed by atoms with Crippen LogP contribution in [-0.2, 0) is 6.42 Å². The Morgan fingerprint density at radius 2 is 1.87 bits per heavy atom. The van der Waals surface area contributed by atoms with E-state index in [1.165, 1.54) is 5.56 Å². The highest BCUT2D eigenvalue weighted by Crippen LogP contribution is 2.20. The van der Waals surface area contributed by atoms with Crippen molar-refractivity contribution in [2.24, 2.45) is 0 Å². The predicted octanol–water partition coefficient (Wildman–Crippen LogP) is 4.07. The van der Waals surface area contributed by atoms with E-state index in [0.717, 1.165) is 34.6 Å². The number of carbonyl (C=O) groups excluding carboxylic acids is 1. The Kier molecular flexibility index (Phi) is 3.90. The van der Waals surface area contributed by atoms with Gasteiger partial charge in [0.15, 0.2) is 0 Å². The molecule has 118 valence electrons. The maximum atomic E-state index is 12.8. The molecule has 2 heterocycles. The van der Waals surface area contributed by atoms with Crippen LogP contribution in [0.15, 0.2) is 36.5 Å². The summed E-state index contributed by atoms with van der Waals surface area (Å²) in [5, 5.41) is 3.02. The zero-order chi connectivity index (χ0) is 16.6. The Hall–Kier alpha value is -2.62. The van der Waals surface area contributed by atoms with Gasteiger partial charge < -0.3 is 5.32 Å². The number of nitrogens with one attached hydrogen (secondary N) is 1. The summed E-state index contributed by atoms with van der Waals surface area (Å²) >= 11 is 0. The first kappa shape index (κ1) is 15.3. The molecule has 3 rings (SSSR count). The van der Waals surface area contributed by atoms with Crippen molar-refractivity contribution >= 4 is 17.2 Å². The van der Waals surface area contributed by atoms with Crippen molar-refractivity contribution in [1.29, 1.82) is 0 Å². The smallest absolute Gasteiger partial charge is 0.274 e. The predicted molar refractivity (Wildman–Crippen MR) is 93.2 cm³/mol. The van der Waals surface area contributed by atoms with E-state index in [9.17, 15) is 4.79 Å². The molecule has 4 nitrogen and oxygen atoms in total. The number of nitrogens with zero attached hydrogens (tertiary/aromatic N) is 2. The third-order valence-corrected chi connectivity index (χ3v) is 4.03. The molecule has 0 aliphatic carbocycles. The Balaban J connectivity index is 2.03. The van der Waals surface area contributed by atoms with Gasteiger partial charge in [0.2, 0.25) is 0 Å². The molecule has 0 bridgehead atoms. The second-order valence-electron chi connectivity index (χ2n) is 5.97. The van der Waals surface area contributed by atoms with Gasteiger partial charge in [0, 0.05) is 11.9 Å². The largest absolute Gasteiger partial charge is 0.320 e. The number of imidazole rings is 1. The second-order valence-corrected chi connectivity index (χ2v) is 5.97. The van der Waals surface area contributed by atoms with Crippen molar-refractivity contribution < 1.29 is 4.79 Å². The van der Waals surface area contributed by atoms with Crippen molar-refractivity contribution in [3.8, 4) is 0 Å². The second kappa shape index (κ2) is 5.88. The van der Waals surface area contributed by atoms with E-state index in [-0.39, 0.29) is 5.91 Å². The molecule has 3 aromatic rings. The van der Waals surface area contributed by atoms with Crippen molar-refractivity contribution in [1.82, 2.24) is 9.38 Å². The lowest BCUT2D eigenvalue weighted by Gasteiger charge is -2.10. The van der Waals surface area contributed by atoms with Crippen LogP contribution in [0, 0.1) is 20.8 Å². The zero-order valence-corrected chi connectivity index (χ0v) is 14.0. The van der Waals surface area contributed by atoms with Crippen LogP contribution in [0.2, 0.25) is 0 Å². The van der Waals surface area contributed by atoms with Crippen LogP contribution in [0.3, 0.4) is 0 Å². The van der Waals surface area contributed by atoms with Gasteiger partial charge in [-0.25, -0.2) is 4.98 Å². The van der Waals surface area contributed by atoms with Gasteiger partial charge in [-0.3, -0.25) is 9.20 Å². The van der Waals surface area contributed by atoms with E-state index in [1.54, 1.807) is 0 Å². The number of aromatic nitrogens is 2. The summed E-state index contributed by atoms with van der Waals surface area (Å²) < 4.78 is 1.87. The molecule has 23 heavy (non-hydrogen) atoms. The highest BCUT2D eigenvalue weighted by Gasteiger charge is 2.18. The number of aryl methyl sites for hydroxylation is 4. The summed E-state index contributed by atoms with van der Waals surface area (Å²) in [5.74, 6) is -0.120. The molecule has 1 amide bonds. The van der Waals surface area contributed by atoms with E-state index in [1.807, 2.05) is 62.6 Å². The minimum Gasteiger partial charge on any atom is -0.320 e. The highest BCUT2D eigenvalue weighted by atomic mass is 16.2. The number of pyridine rings is 1. The third kappa shape index (κ3) is 2.84. The normalized spacial score (nSPS) is 11.0. The standard InChI is InChI=1S/C19H21N3O/c1-5-15-18(22-9-8-13(3)11-17(22)20-15)19(23)21-16-7-6-12(2)10-14(16)4/h6-11H,5H2,1-4H3,(H,21,23). The van der Waals surface area contributed by atoms with Crippen LogP contribution < -0.4 is 5.32 Å². The maximum Gasteiger partial charge on any atom is 0.274 e. The number of fused-ring (bicyclic) bond motifs is 1. The fourth-order valence-electron chi connectivity index (χ4n) is 2.82. The summed E-state index contributed by atoms with van der Waals surface area (Å²) in [7, 11) is 0. The number of hydrogen-bond donors (Lipinski definition) is 1. The van der Waals surface area contributed by atoms with Crippen molar-refractivity contribution in [3.05, 3.63) is 64.6 Å². The molecular formula is C19H21N3O. The number of amides is 1.